The minimum atomic E-state index is 0.0596. The number of amides is 1. The highest BCUT2D eigenvalue weighted by Crippen LogP contribution is 2.38. The molecule has 1 amide bonds. The fourth-order valence-corrected chi connectivity index (χ4v) is 3.97. The molecule has 2 aliphatic heterocycles. The van der Waals surface area contributed by atoms with Crippen LogP contribution in [0.1, 0.15) is 34.8 Å². The Morgan fingerprint density at radius 1 is 1.04 bits per heavy atom. The van der Waals surface area contributed by atoms with Gasteiger partial charge in [-0.3, -0.25) is 4.79 Å². The van der Waals surface area contributed by atoms with Crippen LogP contribution in [-0.4, -0.2) is 40.3 Å². The molecule has 0 N–H and O–H groups in total. The van der Waals surface area contributed by atoms with E-state index in [2.05, 4.69) is 5.10 Å². The lowest BCUT2D eigenvalue weighted by molar-refractivity contribution is 0.0735. The summed E-state index contributed by atoms with van der Waals surface area (Å²) < 4.78 is 13.1. The molecule has 0 saturated carbocycles. The van der Waals surface area contributed by atoms with Crippen LogP contribution in [0.3, 0.4) is 0 Å². The maximum atomic E-state index is 13.2. The van der Waals surface area contributed by atoms with E-state index in [9.17, 15) is 4.79 Å². The predicted octanol–water partition coefficient (Wildman–Crippen LogP) is 3.62. The van der Waals surface area contributed by atoms with Gasteiger partial charge in [0.05, 0.1) is 11.7 Å². The number of rotatable bonds is 3. The maximum absolute atomic E-state index is 13.2. The van der Waals surface area contributed by atoms with Crippen LogP contribution >= 0.6 is 0 Å². The maximum Gasteiger partial charge on any atom is 0.254 e. The van der Waals surface area contributed by atoms with Crippen molar-refractivity contribution in [2.24, 2.45) is 0 Å². The molecule has 0 aliphatic carbocycles. The fraction of sp³-hybridized carbons (Fsp3) is 0.273. The van der Waals surface area contributed by atoms with Crippen molar-refractivity contribution in [3.63, 3.8) is 0 Å². The molecule has 6 heteroatoms. The molecule has 3 aromatic rings. The van der Waals surface area contributed by atoms with Gasteiger partial charge in [-0.1, -0.05) is 6.07 Å². The van der Waals surface area contributed by atoms with Gasteiger partial charge in [-0.25, -0.2) is 4.68 Å². The van der Waals surface area contributed by atoms with E-state index < -0.39 is 0 Å². The second-order valence-corrected chi connectivity index (χ2v) is 7.06. The summed E-state index contributed by atoms with van der Waals surface area (Å²) >= 11 is 0. The summed E-state index contributed by atoms with van der Waals surface area (Å²) in [6.45, 7) is 1.90. The molecule has 1 fully saturated rings. The van der Waals surface area contributed by atoms with Crippen LogP contribution in [0.4, 0.5) is 0 Å². The quantitative estimate of drug-likeness (QED) is 0.702. The predicted molar refractivity (Wildman–Crippen MR) is 104 cm³/mol. The molecule has 0 radical (unpaired) electrons. The number of carbonyl (C=O) groups is 1. The number of hydrogen-bond acceptors (Lipinski definition) is 4. The summed E-state index contributed by atoms with van der Waals surface area (Å²) in [4.78, 5) is 15.1. The third kappa shape index (κ3) is 3.01. The minimum absolute atomic E-state index is 0.0596. The average Bonchev–Trinajstić information content (AvgIpc) is 3.45. The Morgan fingerprint density at radius 3 is 2.64 bits per heavy atom. The Kier molecular flexibility index (Phi) is 4.24. The van der Waals surface area contributed by atoms with E-state index >= 15 is 0 Å². The van der Waals surface area contributed by atoms with Crippen LogP contribution in [-0.2, 0) is 0 Å². The Bertz CT molecular complexity index is 983. The van der Waals surface area contributed by atoms with E-state index in [0.717, 1.165) is 42.1 Å². The highest BCUT2D eigenvalue weighted by atomic mass is 16.6. The van der Waals surface area contributed by atoms with Gasteiger partial charge in [-0.2, -0.15) is 5.10 Å². The fourth-order valence-electron chi connectivity index (χ4n) is 3.97. The molecule has 1 saturated heterocycles. The molecule has 28 heavy (non-hydrogen) atoms. The first kappa shape index (κ1) is 16.9. The second kappa shape index (κ2) is 7.03. The zero-order chi connectivity index (χ0) is 18.9. The van der Waals surface area contributed by atoms with E-state index in [4.69, 9.17) is 9.47 Å². The smallest absolute Gasteiger partial charge is 0.254 e. The van der Waals surface area contributed by atoms with Gasteiger partial charge < -0.3 is 14.4 Å². The molecule has 2 aliphatic rings. The molecular weight excluding hydrogens is 354 g/mol. The van der Waals surface area contributed by atoms with Crippen LogP contribution in [0.25, 0.3) is 5.69 Å². The van der Waals surface area contributed by atoms with Crippen LogP contribution in [0.15, 0.2) is 60.9 Å². The Labute approximate surface area is 163 Å². The van der Waals surface area contributed by atoms with E-state index in [1.165, 1.54) is 0 Å². The first-order valence-electron chi connectivity index (χ1n) is 9.60. The SMILES string of the molecule is O=C(c1ccc(-n2cccn2)cc1)N1CCC[C@@H]1c1ccc2c(c1)OCCO2. The number of carbonyl (C=O) groups excluding carboxylic acids is 1. The van der Waals surface area contributed by atoms with Crippen molar-refractivity contribution in [2.45, 2.75) is 18.9 Å². The van der Waals surface area contributed by atoms with Crippen molar-refractivity contribution in [3.8, 4) is 17.2 Å². The van der Waals surface area contributed by atoms with Gasteiger partial charge in [0.15, 0.2) is 11.5 Å². The lowest BCUT2D eigenvalue weighted by Crippen LogP contribution is -2.30. The highest BCUT2D eigenvalue weighted by molar-refractivity contribution is 5.94. The van der Waals surface area contributed by atoms with Crippen LogP contribution in [0.2, 0.25) is 0 Å². The molecule has 6 nitrogen and oxygen atoms in total. The van der Waals surface area contributed by atoms with Gasteiger partial charge in [0.25, 0.3) is 5.91 Å². The number of ether oxygens (including phenoxy) is 2. The Balaban J connectivity index is 1.38. The number of likely N-dealkylation sites (tertiary alicyclic amines) is 1. The van der Waals surface area contributed by atoms with Crippen LogP contribution in [0.5, 0.6) is 11.5 Å². The Morgan fingerprint density at radius 2 is 1.86 bits per heavy atom. The lowest BCUT2D eigenvalue weighted by Gasteiger charge is -2.27. The van der Waals surface area contributed by atoms with Crippen molar-refractivity contribution >= 4 is 5.91 Å². The van der Waals surface area contributed by atoms with Gasteiger partial charge in [0.1, 0.15) is 13.2 Å². The third-order valence-corrected chi connectivity index (χ3v) is 5.35. The first-order chi connectivity index (χ1) is 13.8. The number of benzene rings is 2. The third-order valence-electron chi connectivity index (χ3n) is 5.35. The number of hydrogen-bond donors (Lipinski definition) is 0. The monoisotopic (exact) mass is 375 g/mol. The minimum Gasteiger partial charge on any atom is -0.486 e. The Hall–Kier alpha value is -3.28. The average molecular weight is 375 g/mol. The standard InChI is InChI=1S/C22H21N3O3/c26-22(16-4-7-18(8-5-16)25-12-2-10-23-25)24-11-1-3-19(24)17-6-9-20-21(15-17)28-14-13-27-20/h2,4-10,12,15,19H,1,3,11,13-14H2/t19-/m1/s1. The first-order valence-corrected chi connectivity index (χ1v) is 9.60. The number of fused-ring (bicyclic) bond motifs is 1. The molecule has 142 valence electrons. The van der Waals surface area contributed by atoms with Gasteiger partial charge in [-0.05, 0) is 60.9 Å². The van der Waals surface area contributed by atoms with E-state index in [1.54, 1.807) is 10.9 Å². The molecular formula is C22H21N3O3. The molecule has 0 spiro atoms. The van der Waals surface area contributed by atoms with Gasteiger partial charge in [-0.15, -0.1) is 0 Å². The largest absolute Gasteiger partial charge is 0.486 e. The highest BCUT2D eigenvalue weighted by Gasteiger charge is 2.31. The summed E-state index contributed by atoms with van der Waals surface area (Å²) in [6, 6.07) is 15.6. The van der Waals surface area contributed by atoms with E-state index in [1.807, 2.05) is 59.6 Å². The van der Waals surface area contributed by atoms with E-state index in [0.29, 0.717) is 18.8 Å². The van der Waals surface area contributed by atoms with Gasteiger partial charge in [0, 0.05) is 24.5 Å². The molecule has 1 atom stereocenters. The molecule has 0 unspecified atom stereocenters. The summed E-state index contributed by atoms with van der Waals surface area (Å²) in [5.74, 6) is 1.61. The number of nitrogens with zero attached hydrogens (tertiary/aromatic N) is 3. The van der Waals surface area contributed by atoms with Crippen molar-refractivity contribution in [1.82, 2.24) is 14.7 Å². The number of aromatic nitrogens is 2. The summed E-state index contributed by atoms with van der Waals surface area (Å²) in [6.07, 6.45) is 5.57. The zero-order valence-electron chi connectivity index (χ0n) is 15.5. The lowest BCUT2D eigenvalue weighted by atomic mass is 10.0. The summed E-state index contributed by atoms with van der Waals surface area (Å²) in [7, 11) is 0. The molecule has 0 bridgehead atoms. The van der Waals surface area contributed by atoms with Crippen molar-refractivity contribution in [1.29, 1.82) is 0 Å². The van der Waals surface area contributed by atoms with Crippen molar-refractivity contribution in [2.75, 3.05) is 19.8 Å². The molecule has 3 heterocycles. The summed E-state index contributed by atoms with van der Waals surface area (Å²) in [5, 5.41) is 4.22. The van der Waals surface area contributed by atoms with E-state index in [-0.39, 0.29) is 11.9 Å². The topological polar surface area (TPSA) is 56.6 Å². The molecule has 2 aromatic carbocycles. The van der Waals surface area contributed by atoms with Crippen LogP contribution in [0, 0.1) is 0 Å². The zero-order valence-corrected chi connectivity index (χ0v) is 15.5. The second-order valence-electron chi connectivity index (χ2n) is 7.06. The van der Waals surface area contributed by atoms with Gasteiger partial charge in [0.2, 0.25) is 0 Å². The molecule has 1 aromatic heterocycles. The van der Waals surface area contributed by atoms with Crippen molar-refractivity contribution in [3.05, 3.63) is 72.1 Å². The normalized spacial score (nSPS) is 18.3. The molecule has 5 rings (SSSR count). The summed E-state index contributed by atoms with van der Waals surface area (Å²) in [5.41, 5.74) is 2.73. The van der Waals surface area contributed by atoms with Crippen molar-refractivity contribution < 1.29 is 14.3 Å². The van der Waals surface area contributed by atoms with Gasteiger partial charge >= 0.3 is 0 Å². The van der Waals surface area contributed by atoms with Crippen LogP contribution < -0.4 is 9.47 Å².